The van der Waals surface area contributed by atoms with E-state index < -0.39 is 0 Å². The van der Waals surface area contributed by atoms with Gasteiger partial charge in [-0.3, -0.25) is 4.68 Å². The van der Waals surface area contributed by atoms with Gasteiger partial charge in [-0.2, -0.15) is 5.10 Å². The summed E-state index contributed by atoms with van der Waals surface area (Å²) >= 11 is 7.66. The molecular weight excluding hydrogens is 280 g/mol. The van der Waals surface area contributed by atoms with Crippen LogP contribution in [0.15, 0.2) is 18.5 Å². The fourth-order valence-corrected chi connectivity index (χ4v) is 3.14. The van der Waals surface area contributed by atoms with Crippen LogP contribution in [0.5, 0.6) is 0 Å². The predicted octanol–water partition coefficient (Wildman–Crippen LogP) is 3.30. The minimum atomic E-state index is 0.256. The average molecular weight is 299 g/mol. The maximum absolute atomic E-state index is 6.04. The van der Waals surface area contributed by atoms with Gasteiger partial charge in [-0.15, -0.1) is 11.3 Å². The Morgan fingerprint density at radius 3 is 2.89 bits per heavy atom. The first-order valence-corrected chi connectivity index (χ1v) is 7.79. The van der Waals surface area contributed by atoms with Gasteiger partial charge in [0.1, 0.15) is 12.2 Å². The fourth-order valence-electron chi connectivity index (χ4n) is 2.00. The van der Waals surface area contributed by atoms with Crippen molar-refractivity contribution in [1.82, 2.24) is 20.1 Å². The van der Waals surface area contributed by atoms with Crippen molar-refractivity contribution in [3.05, 3.63) is 33.5 Å². The van der Waals surface area contributed by atoms with E-state index in [2.05, 4.69) is 35.3 Å². The van der Waals surface area contributed by atoms with E-state index in [9.17, 15) is 0 Å². The van der Waals surface area contributed by atoms with E-state index >= 15 is 0 Å². The topological polar surface area (TPSA) is 42.7 Å². The highest BCUT2D eigenvalue weighted by Crippen LogP contribution is 2.28. The molecule has 1 unspecified atom stereocenters. The highest BCUT2D eigenvalue weighted by Gasteiger charge is 2.16. The zero-order chi connectivity index (χ0) is 13.7. The summed E-state index contributed by atoms with van der Waals surface area (Å²) in [6.45, 7) is 6.08. The molecule has 4 nitrogen and oxygen atoms in total. The first-order chi connectivity index (χ1) is 9.24. The zero-order valence-electron chi connectivity index (χ0n) is 11.3. The summed E-state index contributed by atoms with van der Waals surface area (Å²) in [6.07, 6.45) is 3.57. The molecule has 0 saturated heterocycles. The van der Waals surface area contributed by atoms with E-state index in [0.717, 1.165) is 36.1 Å². The highest BCUT2D eigenvalue weighted by molar-refractivity contribution is 7.16. The maximum Gasteiger partial charge on any atom is 0.138 e. The second-order valence-electron chi connectivity index (χ2n) is 4.34. The highest BCUT2D eigenvalue weighted by atomic mass is 35.5. The smallest absolute Gasteiger partial charge is 0.138 e. The third-order valence-electron chi connectivity index (χ3n) is 2.96. The van der Waals surface area contributed by atoms with E-state index in [1.54, 1.807) is 17.7 Å². The Hall–Kier alpha value is -0.910. The van der Waals surface area contributed by atoms with Crippen LogP contribution in [-0.4, -0.2) is 21.3 Å². The molecule has 0 aliphatic heterocycles. The van der Waals surface area contributed by atoms with Crippen LogP contribution in [0.4, 0.5) is 0 Å². The van der Waals surface area contributed by atoms with Gasteiger partial charge in [0.15, 0.2) is 0 Å². The lowest BCUT2D eigenvalue weighted by molar-refractivity contribution is 0.502. The number of hydrogen-bond acceptors (Lipinski definition) is 4. The van der Waals surface area contributed by atoms with Gasteiger partial charge in [-0.1, -0.05) is 18.5 Å². The third kappa shape index (κ3) is 3.78. The molecule has 0 saturated carbocycles. The van der Waals surface area contributed by atoms with Crippen LogP contribution in [0.1, 0.15) is 37.0 Å². The van der Waals surface area contributed by atoms with Gasteiger partial charge >= 0.3 is 0 Å². The molecule has 0 fully saturated rings. The minimum absolute atomic E-state index is 0.256. The molecule has 0 radical (unpaired) electrons. The summed E-state index contributed by atoms with van der Waals surface area (Å²) in [5.41, 5.74) is 0. The Bertz CT molecular complexity index is 508. The standard InChI is InChI=1S/C13H19ClN4S/c1-3-7-15-10(11-5-6-12(14)19-11)8-13-16-9-17-18(13)4-2/h5-6,9-10,15H,3-4,7-8H2,1-2H3. The van der Waals surface area contributed by atoms with Gasteiger partial charge in [0, 0.05) is 23.9 Å². The van der Waals surface area contributed by atoms with Crippen molar-refractivity contribution in [3.63, 3.8) is 0 Å². The number of halogens is 1. The van der Waals surface area contributed by atoms with Gasteiger partial charge in [0.2, 0.25) is 0 Å². The van der Waals surface area contributed by atoms with E-state index in [0.29, 0.717) is 0 Å². The zero-order valence-corrected chi connectivity index (χ0v) is 12.8. The molecule has 0 spiro atoms. The van der Waals surface area contributed by atoms with Crippen molar-refractivity contribution < 1.29 is 0 Å². The number of thiophene rings is 1. The van der Waals surface area contributed by atoms with Crippen LogP contribution in [0.3, 0.4) is 0 Å². The van der Waals surface area contributed by atoms with Crippen LogP contribution in [-0.2, 0) is 13.0 Å². The third-order valence-corrected chi connectivity index (χ3v) is 4.30. The van der Waals surface area contributed by atoms with Crippen molar-refractivity contribution >= 4 is 22.9 Å². The van der Waals surface area contributed by atoms with Gasteiger partial charge < -0.3 is 5.32 Å². The summed E-state index contributed by atoms with van der Waals surface area (Å²) in [5.74, 6) is 1.01. The molecule has 104 valence electrons. The SMILES string of the molecule is CCCNC(Cc1ncnn1CC)c1ccc(Cl)s1. The molecule has 1 N–H and O–H groups in total. The van der Waals surface area contributed by atoms with Crippen LogP contribution in [0.25, 0.3) is 0 Å². The van der Waals surface area contributed by atoms with Gasteiger partial charge in [0.25, 0.3) is 0 Å². The molecule has 19 heavy (non-hydrogen) atoms. The van der Waals surface area contributed by atoms with Gasteiger partial charge in [-0.05, 0) is 32.0 Å². The monoisotopic (exact) mass is 298 g/mol. The molecule has 0 bridgehead atoms. The number of nitrogens with zero attached hydrogens (tertiary/aromatic N) is 3. The largest absolute Gasteiger partial charge is 0.309 e. The number of hydrogen-bond donors (Lipinski definition) is 1. The molecule has 0 aromatic carbocycles. The number of nitrogens with one attached hydrogen (secondary N) is 1. The van der Waals surface area contributed by atoms with Crippen molar-refractivity contribution in [2.45, 2.75) is 39.3 Å². The summed E-state index contributed by atoms with van der Waals surface area (Å²) in [4.78, 5) is 5.60. The Kier molecular flexibility index (Phi) is 5.36. The average Bonchev–Trinajstić information content (AvgIpc) is 3.02. The fraction of sp³-hybridized carbons (Fsp3) is 0.538. The molecule has 0 aliphatic carbocycles. The Morgan fingerprint density at radius 2 is 2.26 bits per heavy atom. The number of aryl methyl sites for hydroxylation is 1. The number of rotatable bonds is 7. The summed E-state index contributed by atoms with van der Waals surface area (Å²) < 4.78 is 2.77. The van der Waals surface area contributed by atoms with E-state index in [1.807, 2.05) is 10.7 Å². The van der Waals surface area contributed by atoms with Gasteiger partial charge in [0.05, 0.1) is 4.34 Å². The van der Waals surface area contributed by atoms with Crippen LogP contribution in [0, 0.1) is 0 Å². The van der Waals surface area contributed by atoms with E-state index in [-0.39, 0.29) is 6.04 Å². The molecule has 2 aromatic rings. The van der Waals surface area contributed by atoms with Crippen LogP contribution in [0.2, 0.25) is 4.34 Å². The lowest BCUT2D eigenvalue weighted by atomic mass is 10.1. The molecule has 2 rings (SSSR count). The normalized spacial score (nSPS) is 12.8. The molecular formula is C13H19ClN4S. The van der Waals surface area contributed by atoms with Crippen LogP contribution < -0.4 is 5.32 Å². The first-order valence-electron chi connectivity index (χ1n) is 6.59. The second kappa shape index (κ2) is 7.03. The van der Waals surface area contributed by atoms with Crippen LogP contribution >= 0.6 is 22.9 Å². The van der Waals surface area contributed by atoms with Crippen molar-refractivity contribution in [1.29, 1.82) is 0 Å². The Morgan fingerprint density at radius 1 is 1.42 bits per heavy atom. The maximum atomic E-state index is 6.04. The molecule has 2 aromatic heterocycles. The predicted molar refractivity (Wildman–Crippen MR) is 79.8 cm³/mol. The molecule has 1 atom stereocenters. The minimum Gasteiger partial charge on any atom is -0.309 e. The molecule has 0 amide bonds. The van der Waals surface area contributed by atoms with Crippen molar-refractivity contribution in [2.24, 2.45) is 0 Å². The Labute approximate surface area is 122 Å². The van der Waals surface area contributed by atoms with E-state index in [1.165, 1.54) is 4.88 Å². The molecule has 2 heterocycles. The van der Waals surface area contributed by atoms with E-state index in [4.69, 9.17) is 11.6 Å². The first kappa shape index (κ1) is 14.5. The Balaban J connectivity index is 2.14. The summed E-state index contributed by atoms with van der Waals surface area (Å²) in [5, 5.41) is 7.78. The second-order valence-corrected chi connectivity index (χ2v) is 6.09. The summed E-state index contributed by atoms with van der Waals surface area (Å²) in [7, 11) is 0. The molecule has 0 aliphatic rings. The molecule has 6 heteroatoms. The lowest BCUT2D eigenvalue weighted by Gasteiger charge is -2.16. The van der Waals surface area contributed by atoms with Crippen molar-refractivity contribution in [2.75, 3.05) is 6.54 Å². The van der Waals surface area contributed by atoms with Gasteiger partial charge in [-0.25, -0.2) is 4.98 Å². The number of aromatic nitrogens is 3. The quantitative estimate of drug-likeness (QED) is 0.853. The lowest BCUT2D eigenvalue weighted by Crippen LogP contribution is -2.24. The van der Waals surface area contributed by atoms with Crippen molar-refractivity contribution in [3.8, 4) is 0 Å². The summed E-state index contributed by atoms with van der Waals surface area (Å²) in [6, 6.07) is 4.30.